The first-order chi connectivity index (χ1) is 16.2. The predicted molar refractivity (Wildman–Crippen MR) is 135 cm³/mol. The lowest BCUT2D eigenvalue weighted by atomic mass is 10.1. The van der Waals surface area contributed by atoms with Gasteiger partial charge in [-0.1, -0.05) is 85.0 Å². The van der Waals surface area contributed by atoms with Gasteiger partial charge in [0.2, 0.25) is 0 Å². The molecular formula is C30H20N2O. The number of ether oxygens (including phenoxy) is 1. The number of nitriles is 1. The van der Waals surface area contributed by atoms with Crippen molar-refractivity contribution in [1.29, 1.82) is 5.26 Å². The van der Waals surface area contributed by atoms with Crippen molar-refractivity contribution in [3.8, 4) is 17.6 Å². The van der Waals surface area contributed by atoms with Gasteiger partial charge in [0.15, 0.2) is 5.69 Å². The number of benzene rings is 4. The van der Waals surface area contributed by atoms with Gasteiger partial charge in [0.05, 0.1) is 18.2 Å². The Morgan fingerprint density at radius 1 is 0.576 bits per heavy atom. The van der Waals surface area contributed by atoms with E-state index in [4.69, 9.17) is 16.6 Å². The number of rotatable bonds is 6. The molecule has 3 nitrogen and oxygen atoms in total. The van der Waals surface area contributed by atoms with Crippen LogP contribution in [-0.4, -0.2) is 0 Å². The fraction of sp³-hybridized carbons (Fsp3) is 0. The number of hydrogen-bond donors (Lipinski definition) is 0. The summed E-state index contributed by atoms with van der Waals surface area (Å²) < 4.78 is 5.96. The van der Waals surface area contributed by atoms with E-state index >= 15 is 0 Å². The van der Waals surface area contributed by atoms with Crippen LogP contribution in [0.15, 0.2) is 97.1 Å². The van der Waals surface area contributed by atoms with Gasteiger partial charge in [-0.25, -0.2) is 4.85 Å². The monoisotopic (exact) mass is 424 g/mol. The van der Waals surface area contributed by atoms with Crippen molar-refractivity contribution in [2.24, 2.45) is 0 Å². The molecule has 0 N–H and O–H groups in total. The van der Waals surface area contributed by atoms with Crippen molar-refractivity contribution in [2.75, 3.05) is 0 Å². The molecule has 0 bridgehead atoms. The summed E-state index contributed by atoms with van der Waals surface area (Å²) in [7, 11) is 0. The zero-order chi connectivity index (χ0) is 22.9. The van der Waals surface area contributed by atoms with E-state index in [2.05, 4.69) is 10.9 Å². The summed E-state index contributed by atoms with van der Waals surface area (Å²) in [4.78, 5) is 3.41. The molecule has 0 radical (unpaired) electrons. The Kier molecular flexibility index (Phi) is 6.76. The van der Waals surface area contributed by atoms with Gasteiger partial charge in [-0.2, -0.15) is 5.26 Å². The normalized spacial score (nSPS) is 10.7. The highest BCUT2D eigenvalue weighted by Crippen LogP contribution is 2.23. The van der Waals surface area contributed by atoms with Crippen molar-refractivity contribution in [1.82, 2.24) is 0 Å². The van der Waals surface area contributed by atoms with E-state index in [1.54, 1.807) is 0 Å². The quantitative estimate of drug-likeness (QED) is 0.231. The first-order valence-electron chi connectivity index (χ1n) is 10.4. The highest BCUT2D eigenvalue weighted by Gasteiger charge is 1.98. The standard InChI is InChI=1S/C30H20N2O/c1-32-28-16-10-24(11-17-28)3-5-26-14-20-30(21-15-26)33-29-18-12-25(13-19-29)4-2-23-6-8-27(22-31)9-7-23/h2-21H. The molecule has 0 unspecified atom stereocenters. The third-order valence-electron chi connectivity index (χ3n) is 4.99. The van der Waals surface area contributed by atoms with E-state index in [-0.39, 0.29) is 0 Å². The fourth-order valence-electron chi connectivity index (χ4n) is 3.14. The molecule has 4 rings (SSSR count). The van der Waals surface area contributed by atoms with Crippen LogP contribution in [0.3, 0.4) is 0 Å². The van der Waals surface area contributed by atoms with Crippen LogP contribution in [0.25, 0.3) is 29.1 Å². The Morgan fingerprint density at radius 2 is 0.939 bits per heavy atom. The van der Waals surface area contributed by atoms with Crippen molar-refractivity contribution in [3.05, 3.63) is 136 Å². The first-order valence-corrected chi connectivity index (χ1v) is 10.4. The second kappa shape index (κ2) is 10.4. The van der Waals surface area contributed by atoms with E-state index in [1.165, 1.54) is 0 Å². The van der Waals surface area contributed by atoms with E-state index in [0.29, 0.717) is 11.3 Å². The van der Waals surface area contributed by atoms with Gasteiger partial charge >= 0.3 is 0 Å². The summed E-state index contributed by atoms with van der Waals surface area (Å²) in [5, 5.41) is 8.87. The maximum absolute atomic E-state index is 8.87. The van der Waals surface area contributed by atoms with Crippen molar-refractivity contribution < 1.29 is 4.74 Å². The lowest BCUT2D eigenvalue weighted by molar-refractivity contribution is 0.482. The van der Waals surface area contributed by atoms with Crippen molar-refractivity contribution in [3.63, 3.8) is 0 Å². The highest BCUT2D eigenvalue weighted by molar-refractivity contribution is 5.71. The Labute approximate surface area is 194 Å². The lowest BCUT2D eigenvalue weighted by Crippen LogP contribution is -1.84. The average molecular weight is 425 g/mol. The molecule has 0 aromatic heterocycles. The number of hydrogen-bond acceptors (Lipinski definition) is 2. The minimum Gasteiger partial charge on any atom is -0.457 e. The van der Waals surface area contributed by atoms with Crippen molar-refractivity contribution >= 4 is 30.0 Å². The minimum absolute atomic E-state index is 0.643. The third-order valence-corrected chi connectivity index (χ3v) is 4.99. The van der Waals surface area contributed by atoms with E-state index in [1.807, 2.05) is 121 Å². The van der Waals surface area contributed by atoms with Gasteiger partial charge in [0.1, 0.15) is 11.5 Å². The Balaban J connectivity index is 1.34. The summed E-state index contributed by atoms with van der Waals surface area (Å²) in [6, 6.07) is 32.9. The van der Waals surface area contributed by atoms with Gasteiger partial charge < -0.3 is 4.74 Å². The number of nitrogens with zero attached hydrogens (tertiary/aromatic N) is 2. The van der Waals surface area contributed by atoms with Crippen LogP contribution in [0.5, 0.6) is 11.5 Å². The van der Waals surface area contributed by atoms with Crippen LogP contribution in [0.1, 0.15) is 27.8 Å². The van der Waals surface area contributed by atoms with Gasteiger partial charge in [-0.15, -0.1) is 0 Å². The van der Waals surface area contributed by atoms with Gasteiger partial charge in [0, 0.05) is 0 Å². The van der Waals surface area contributed by atoms with Crippen molar-refractivity contribution in [2.45, 2.75) is 0 Å². The summed E-state index contributed by atoms with van der Waals surface area (Å²) in [5.41, 5.74) is 5.53. The third kappa shape index (κ3) is 6.07. The Morgan fingerprint density at radius 3 is 1.30 bits per heavy atom. The second-order valence-electron chi connectivity index (χ2n) is 7.34. The molecule has 0 spiro atoms. The van der Waals surface area contributed by atoms with Gasteiger partial charge in [-0.05, 0) is 58.7 Å². The summed E-state index contributed by atoms with van der Waals surface area (Å²) in [6.45, 7) is 7.01. The summed E-state index contributed by atoms with van der Waals surface area (Å²) in [6.07, 6.45) is 8.10. The molecule has 0 aliphatic rings. The molecule has 156 valence electrons. The predicted octanol–water partition coefficient (Wildman–Crippen LogP) is 8.24. The van der Waals surface area contributed by atoms with Crippen LogP contribution < -0.4 is 4.74 Å². The molecular weight excluding hydrogens is 404 g/mol. The Hall–Kier alpha value is -4.86. The average Bonchev–Trinajstić information content (AvgIpc) is 2.88. The molecule has 0 saturated carbocycles. The molecule has 0 saturated heterocycles. The SMILES string of the molecule is [C-]#[N+]c1ccc(C=Cc2ccc(Oc3ccc(C=Cc4ccc(C#N)cc4)cc3)cc2)cc1. The zero-order valence-electron chi connectivity index (χ0n) is 17.8. The van der Waals surface area contributed by atoms with E-state index < -0.39 is 0 Å². The van der Waals surface area contributed by atoms with Crippen LogP contribution >= 0.6 is 0 Å². The fourth-order valence-corrected chi connectivity index (χ4v) is 3.14. The van der Waals surface area contributed by atoms with Crippen LogP contribution in [0.2, 0.25) is 0 Å². The molecule has 33 heavy (non-hydrogen) atoms. The topological polar surface area (TPSA) is 37.4 Å². The molecule has 0 amide bonds. The summed E-state index contributed by atoms with van der Waals surface area (Å²) in [5.74, 6) is 1.54. The first kappa shape index (κ1) is 21.4. The molecule has 4 aromatic rings. The Bertz CT molecular complexity index is 1240. The van der Waals surface area contributed by atoms with Crippen LogP contribution in [-0.2, 0) is 0 Å². The van der Waals surface area contributed by atoms with E-state index in [0.717, 1.165) is 33.8 Å². The molecule has 0 aliphatic carbocycles. The lowest BCUT2D eigenvalue weighted by Gasteiger charge is -2.06. The second-order valence-corrected chi connectivity index (χ2v) is 7.34. The molecule has 0 heterocycles. The largest absolute Gasteiger partial charge is 0.457 e. The zero-order valence-corrected chi connectivity index (χ0v) is 17.8. The minimum atomic E-state index is 0.643. The smallest absolute Gasteiger partial charge is 0.187 e. The maximum atomic E-state index is 8.87. The highest BCUT2D eigenvalue weighted by atomic mass is 16.5. The van der Waals surface area contributed by atoms with Gasteiger partial charge in [-0.3, -0.25) is 0 Å². The molecule has 4 aromatic carbocycles. The summed E-state index contributed by atoms with van der Waals surface area (Å²) >= 11 is 0. The molecule has 0 fully saturated rings. The maximum Gasteiger partial charge on any atom is 0.187 e. The van der Waals surface area contributed by atoms with Crippen LogP contribution in [0, 0.1) is 17.9 Å². The molecule has 0 atom stereocenters. The molecule has 0 aliphatic heterocycles. The van der Waals surface area contributed by atoms with Crippen LogP contribution in [0.4, 0.5) is 5.69 Å². The molecule has 3 heteroatoms. The van der Waals surface area contributed by atoms with E-state index in [9.17, 15) is 0 Å². The van der Waals surface area contributed by atoms with Gasteiger partial charge in [0.25, 0.3) is 0 Å².